The number of amides is 1. The number of hydrogen-bond donors (Lipinski definition) is 4. The Morgan fingerprint density at radius 3 is 2.50 bits per heavy atom. The first kappa shape index (κ1) is 20.2. The lowest BCUT2D eigenvalue weighted by Crippen LogP contribution is -2.54. The van der Waals surface area contributed by atoms with Gasteiger partial charge in [0.1, 0.15) is 0 Å². The zero-order valence-corrected chi connectivity index (χ0v) is 15.7. The van der Waals surface area contributed by atoms with Crippen LogP contribution in [0.25, 0.3) is 0 Å². The molecule has 0 aromatic carbocycles. The molecule has 2 aliphatic carbocycles. The van der Waals surface area contributed by atoms with Crippen molar-refractivity contribution in [2.24, 2.45) is 10.7 Å². The van der Waals surface area contributed by atoms with Gasteiger partial charge in [-0.3, -0.25) is 4.79 Å². The molecule has 2 rings (SSSR count). The average Bonchev–Trinajstić information content (AvgIpc) is 3.38. The Kier molecular flexibility index (Phi) is 7.02. The normalized spacial score (nSPS) is 26.4. The zero-order valence-electron chi connectivity index (χ0n) is 15.7. The van der Waals surface area contributed by atoms with Crippen molar-refractivity contribution in [1.29, 1.82) is 0 Å². The first-order valence-corrected chi connectivity index (χ1v) is 9.30. The van der Waals surface area contributed by atoms with E-state index in [4.69, 9.17) is 10.5 Å². The lowest BCUT2D eigenvalue weighted by Gasteiger charge is -2.36. The topological polar surface area (TPSA) is 126 Å². The van der Waals surface area contributed by atoms with Crippen LogP contribution in [0.5, 0.6) is 0 Å². The van der Waals surface area contributed by atoms with Crippen LogP contribution >= 0.6 is 0 Å². The molecule has 0 aromatic heterocycles. The van der Waals surface area contributed by atoms with Crippen LogP contribution in [-0.2, 0) is 14.3 Å². The highest BCUT2D eigenvalue weighted by molar-refractivity contribution is 5.87. The van der Waals surface area contributed by atoms with Crippen LogP contribution in [0.15, 0.2) is 16.6 Å². The second kappa shape index (κ2) is 9.02. The molecule has 0 spiro atoms. The Balaban J connectivity index is 2.28. The van der Waals surface area contributed by atoms with Crippen molar-refractivity contribution >= 4 is 17.8 Å². The van der Waals surface area contributed by atoms with E-state index in [2.05, 4.69) is 15.6 Å². The van der Waals surface area contributed by atoms with E-state index in [1.165, 1.54) is 6.92 Å². The minimum atomic E-state index is -1.00. The number of nitrogens with zero attached hydrogens (tertiary/aromatic N) is 1. The number of carbonyl (C=O) groups excluding carboxylic acids is 1. The molecule has 1 saturated carbocycles. The summed E-state index contributed by atoms with van der Waals surface area (Å²) in [6.07, 6.45) is 4.91. The van der Waals surface area contributed by atoms with E-state index in [0.717, 1.165) is 25.7 Å². The number of guanidine groups is 1. The van der Waals surface area contributed by atoms with Crippen molar-refractivity contribution < 1.29 is 19.4 Å². The molecule has 0 saturated heterocycles. The molecule has 1 amide bonds. The summed E-state index contributed by atoms with van der Waals surface area (Å²) in [5, 5.41) is 15.5. The molecule has 8 nitrogen and oxygen atoms in total. The molecule has 8 heteroatoms. The molecule has 0 heterocycles. The Bertz CT molecular complexity index is 582. The number of aliphatic carboxylic acids is 1. The number of nitrogens with one attached hydrogen (secondary N) is 2. The second-order valence-corrected chi connectivity index (χ2v) is 6.97. The lowest BCUT2D eigenvalue weighted by molar-refractivity contribution is -0.133. The molecule has 0 bridgehead atoms. The van der Waals surface area contributed by atoms with Crippen LogP contribution in [-0.4, -0.2) is 53.3 Å². The summed E-state index contributed by atoms with van der Waals surface area (Å²) in [6.45, 7) is 5.45. The van der Waals surface area contributed by atoms with Gasteiger partial charge in [-0.15, -0.1) is 0 Å². The third-order valence-corrected chi connectivity index (χ3v) is 4.70. The number of carboxylic acid groups (broad SMARTS) is 1. The Labute approximate surface area is 154 Å². The number of hydrogen-bond acceptors (Lipinski definition) is 4. The number of rotatable bonds is 8. The van der Waals surface area contributed by atoms with Gasteiger partial charge in [-0.2, -0.15) is 0 Å². The highest BCUT2D eigenvalue weighted by Gasteiger charge is 2.37. The van der Waals surface area contributed by atoms with Crippen molar-refractivity contribution in [2.45, 2.75) is 83.2 Å². The van der Waals surface area contributed by atoms with Gasteiger partial charge in [0.25, 0.3) is 0 Å². The first-order valence-electron chi connectivity index (χ1n) is 9.30. The monoisotopic (exact) mass is 366 g/mol. The third-order valence-electron chi connectivity index (χ3n) is 4.70. The van der Waals surface area contributed by atoms with Gasteiger partial charge in [-0.1, -0.05) is 13.8 Å². The van der Waals surface area contributed by atoms with Crippen LogP contribution in [0.1, 0.15) is 52.9 Å². The quantitative estimate of drug-likeness (QED) is 0.374. The predicted molar refractivity (Wildman–Crippen MR) is 98.8 cm³/mol. The predicted octanol–water partition coefficient (Wildman–Crippen LogP) is 0.915. The number of aliphatic imine (C=N–C) groups is 1. The van der Waals surface area contributed by atoms with E-state index in [1.807, 2.05) is 13.8 Å². The van der Waals surface area contributed by atoms with Crippen LogP contribution in [0.4, 0.5) is 0 Å². The maximum atomic E-state index is 11.7. The molecule has 146 valence electrons. The molecule has 26 heavy (non-hydrogen) atoms. The van der Waals surface area contributed by atoms with Gasteiger partial charge in [0.05, 0.1) is 24.3 Å². The minimum absolute atomic E-state index is 0.0211. The molecule has 0 radical (unpaired) electrons. The summed E-state index contributed by atoms with van der Waals surface area (Å²) in [6, 6.07) is -0.621. The fraction of sp³-hybridized carbons (Fsp3) is 0.722. The van der Waals surface area contributed by atoms with Gasteiger partial charge in [0.2, 0.25) is 5.91 Å². The second-order valence-electron chi connectivity index (χ2n) is 6.97. The molecule has 3 atom stereocenters. The molecule has 1 fully saturated rings. The van der Waals surface area contributed by atoms with E-state index in [0.29, 0.717) is 6.04 Å². The van der Waals surface area contributed by atoms with Gasteiger partial charge >= 0.3 is 5.97 Å². The SMILES string of the molecule is CCC(CC)O[C@@H]1C=C(C(=O)O)C[C@H](N=C(N)NC2CC2)[C@H]1NC(C)=O. The minimum Gasteiger partial charge on any atom is -0.478 e. The fourth-order valence-corrected chi connectivity index (χ4v) is 3.12. The highest BCUT2D eigenvalue weighted by atomic mass is 16.5. The summed E-state index contributed by atoms with van der Waals surface area (Å²) in [5.41, 5.74) is 6.21. The molecule has 0 unspecified atom stereocenters. The summed E-state index contributed by atoms with van der Waals surface area (Å²) in [4.78, 5) is 27.8. The third kappa shape index (κ3) is 5.72. The molecule has 2 aliphatic rings. The molecule has 0 aromatic rings. The van der Waals surface area contributed by atoms with Crippen molar-refractivity contribution in [3.05, 3.63) is 11.6 Å². The Morgan fingerprint density at radius 1 is 1.35 bits per heavy atom. The maximum Gasteiger partial charge on any atom is 0.331 e. The van der Waals surface area contributed by atoms with Gasteiger partial charge in [0.15, 0.2) is 5.96 Å². The largest absolute Gasteiger partial charge is 0.478 e. The van der Waals surface area contributed by atoms with Crippen molar-refractivity contribution in [1.82, 2.24) is 10.6 Å². The fourth-order valence-electron chi connectivity index (χ4n) is 3.12. The number of ether oxygens (including phenoxy) is 1. The summed E-state index contributed by atoms with van der Waals surface area (Å²) >= 11 is 0. The molecular formula is C18H30N4O4. The number of carbonyl (C=O) groups is 2. The smallest absolute Gasteiger partial charge is 0.331 e. The van der Waals surface area contributed by atoms with Gasteiger partial charge in [-0.05, 0) is 31.8 Å². The molecular weight excluding hydrogens is 336 g/mol. The first-order chi connectivity index (χ1) is 12.3. The standard InChI is InChI=1S/C18H30N4O4/c1-4-13(5-2)26-15-9-11(17(24)25)8-14(16(15)20-10(3)23)22-18(19)21-12-6-7-12/h9,12-16H,4-8H2,1-3H3,(H,20,23)(H,24,25)(H3,19,21,22)/t14-,15+,16+/m0/s1. The summed E-state index contributed by atoms with van der Waals surface area (Å²) < 4.78 is 6.10. The van der Waals surface area contributed by atoms with E-state index >= 15 is 0 Å². The summed E-state index contributed by atoms with van der Waals surface area (Å²) in [7, 11) is 0. The van der Waals surface area contributed by atoms with E-state index in [9.17, 15) is 14.7 Å². The van der Waals surface area contributed by atoms with E-state index < -0.39 is 24.2 Å². The Hall–Kier alpha value is -2.09. The maximum absolute atomic E-state index is 11.7. The van der Waals surface area contributed by atoms with Crippen LogP contribution in [0, 0.1) is 0 Å². The number of carboxylic acids is 1. The van der Waals surface area contributed by atoms with Gasteiger partial charge < -0.3 is 26.2 Å². The van der Waals surface area contributed by atoms with Crippen molar-refractivity contribution in [2.75, 3.05) is 0 Å². The van der Waals surface area contributed by atoms with Crippen LogP contribution in [0.3, 0.4) is 0 Å². The lowest BCUT2D eigenvalue weighted by atomic mass is 9.88. The average molecular weight is 366 g/mol. The summed E-state index contributed by atoms with van der Waals surface area (Å²) in [5.74, 6) is -0.937. The zero-order chi connectivity index (χ0) is 19.3. The van der Waals surface area contributed by atoms with Gasteiger partial charge in [-0.25, -0.2) is 9.79 Å². The van der Waals surface area contributed by atoms with Gasteiger partial charge in [0, 0.05) is 25.0 Å². The highest BCUT2D eigenvalue weighted by Crippen LogP contribution is 2.27. The van der Waals surface area contributed by atoms with Crippen molar-refractivity contribution in [3.63, 3.8) is 0 Å². The van der Waals surface area contributed by atoms with E-state index in [-0.39, 0.29) is 30.0 Å². The van der Waals surface area contributed by atoms with E-state index in [1.54, 1.807) is 6.08 Å². The van der Waals surface area contributed by atoms with Crippen molar-refractivity contribution in [3.8, 4) is 0 Å². The number of nitrogens with two attached hydrogens (primary N) is 1. The molecule has 0 aliphatic heterocycles. The van der Waals surface area contributed by atoms with Crippen LogP contribution < -0.4 is 16.4 Å². The van der Waals surface area contributed by atoms with Crippen LogP contribution in [0.2, 0.25) is 0 Å². The Morgan fingerprint density at radius 2 is 2.00 bits per heavy atom. The molecule has 5 N–H and O–H groups in total.